The SMILES string of the molecule is COC(=O)CCc1ccc(Oc2cccc(CN)c2)cc1C. The molecule has 0 heterocycles. The number of carbonyl (C=O) groups excluding carboxylic acids is 1. The van der Waals surface area contributed by atoms with E-state index in [2.05, 4.69) is 4.74 Å². The zero-order valence-corrected chi connectivity index (χ0v) is 13.0. The van der Waals surface area contributed by atoms with Gasteiger partial charge >= 0.3 is 5.97 Å². The number of rotatable bonds is 6. The maximum atomic E-state index is 11.2. The summed E-state index contributed by atoms with van der Waals surface area (Å²) in [5.74, 6) is 1.34. The molecule has 2 rings (SSSR count). The number of nitrogens with two attached hydrogens (primary N) is 1. The molecule has 4 heteroatoms. The zero-order valence-electron chi connectivity index (χ0n) is 13.0. The topological polar surface area (TPSA) is 61.5 Å². The number of esters is 1. The molecule has 0 radical (unpaired) electrons. The first kappa shape index (κ1) is 16.0. The Morgan fingerprint density at radius 3 is 2.59 bits per heavy atom. The number of ether oxygens (including phenoxy) is 2. The molecule has 0 atom stereocenters. The Morgan fingerprint density at radius 1 is 1.14 bits per heavy atom. The number of methoxy groups -OCH3 is 1. The van der Waals surface area contributed by atoms with Gasteiger partial charge in [0.15, 0.2) is 0 Å². The summed E-state index contributed by atoms with van der Waals surface area (Å²) in [6, 6.07) is 13.6. The molecule has 0 aliphatic carbocycles. The van der Waals surface area contributed by atoms with Gasteiger partial charge in [0.05, 0.1) is 7.11 Å². The van der Waals surface area contributed by atoms with E-state index in [4.69, 9.17) is 10.5 Å². The van der Waals surface area contributed by atoms with Crippen molar-refractivity contribution in [1.29, 1.82) is 0 Å². The second kappa shape index (κ2) is 7.61. The van der Waals surface area contributed by atoms with Gasteiger partial charge in [-0.2, -0.15) is 0 Å². The number of hydrogen-bond donors (Lipinski definition) is 1. The van der Waals surface area contributed by atoms with Crippen LogP contribution in [-0.4, -0.2) is 13.1 Å². The molecule has 2 aromatic carbocycles. The van der Waals surface area contributed by atoms with Crippen LogP contribution in [0.1, 0.15) is 23.1 Å². The molecule has 0 aliphatic rings. The third-order valence-electron chi connectivity index (χ3n) is 3.51. The van der Waals surface area contributed by atoms with E-state index in [1.54, 1.807) is 0 Å². The van der Waals surface area contributed by atoms with Crippen LogP contribution < -0.4 is 10.5 Å². The first-order chi connectivity index (χ1) is 10.6. The van der Waals surface area contributed by atoms with Crippen molar-refractivity contribution >= 4 is 5.97 Å². The van der Waals surface area contributed by atoms with Crippen molar-refractivity contribution in [2.45, 2.75) is 26.3 Å². The second-order valence-corrected chi connectivity index (χ2v) is 5.12. The Balaban J connectivity index is 2.06. The summed E-state index contributed by atoms with van der Waals surface area (Å²) in [6.45, 7) is 2.50. The highest BCUT2D eigenvalue weighted by molar-refractivity contribution is 5.69. The van der Waals surface area contributed by atoms with E-state index in [0.29, 0.717) is 19.4 Å². The molecule has 0 spiro atoms. The van der Waals surface area contributed by atoms with Crippen molar-refractivity contribution < 1.29 is 14.3 Å². The molecule has 0 saturated heterocycles. The predicted molar refractivity (Wildman–Crippen MR) is 85.9 cm³/mol. The fourth-order valence-corrected chi connectivity index (χ4v) is 2.22. The number of carbonyl (C=O) groups is 1. The van der Waals surface area contributed by atoms with Gasteiger partial charge < -0.3 is 15.2 Å². The minimum Gasteiger partial charge on any atom is -0.469 e. The van der Waals surface area contributed by atoms with Crippen LogP contribution in [0.5, 0.6) is 11.5 Å². The van der Waals surface area contributed by atoms with Gasteiger partial charge in [0.2, 0.25) is 0 Å². The minimum atomic E-state index is -0.196. The number of benzene rings is 2. The lowest BCUT2D eigenvalue weighted by atomic mass is 10.0. The Morgan fingerprint density at radius 2 is 1.91 bits per heavy atom. The lowest BCUT2D eigenvalue weighted by Gasteiger charge is -2.10. The van der Waals surface area contributed by atoms with E-state index >= 15 is 0 Å². The lowest BCUT2D eigenvalue weighted by molar-refractivity contribution is -0.140. The Labute approximate surface area is 130 Å². The van der Waals surface area contributed by atoms with Crippen LogP contribution in [0.2, 0.25) is 0 Å². The van der Waals surface area contributed by atoms with E-state index in [1.807, 2.05) is 49.4 Å². The maximum Gasteiger partial charge on any atom is 0.305 e. The third-order valence-corrected chi connectivity index (χ3v) is 3.51. The van der Waals surface area contributed by atoms with Crippen LogP contribution in [0.4, 0.5) is 0 Å². The lowest BCUT2D eigenvalue weighted by Crippen LogP contribution is -2.02. The number of aryl methyl sites for hydroxylation is 2. The summed E-state index contributed by atoms with van der Waals surface area (Å²) in [6.07, 6.45) is 1.05. The molecule has 0 saturated carbocycles. The summed E-state index contributed by atoms with van der Waals surface area (Å²) in [5.41, 5.74) is 8.88. The van der Waals surface area contributed by atoms with Crippen LogP contribution in [0.25, 0.3) is 0 Å². The van der Waals surface area contributed by atoms with Crippen molar-refractivity contribution in [3.05, 3.63) is 59.2 Å². The molecule has 0 unspecified atom stereocenters. The predicted octanol–water partition coefficient (Wildman–Crippen LogP) is 3.35. The Bertz CT molecular complexity index is 653. The van der Waals surface area contributed by atoms with Gasteiger partial charge in [-0.15, -0.1) is 0 Å². The molecule has 0 aromatic heterocycles. The molecular formula is C18H21NO3. The fraction of sp³-hybridized carbons (Fsp3) is 0.278. The van der Waals surface area contributed by atoms with Crippen LogP contribution in [-0.2, 0) is 22.5 Å². The van der Waals surface area contributed by atoms with E-state index in [0.717, 1.165) is 28.2 Å². The minimum absolute atomic E-state index is 0.196. The van der Waals surface area contributed by atoms with Crippen molar-refractivity contribution in [1.82, 2.24) is 0 Å². The molecule has 116 valence electrons. The summed E-state index contributed by atoms with van der Waals surface area (Å²) in [5, 5.41) is 0. The smallest absolute Gasteiger partial charge is 0.305 e. The average molecular weight is 299 g/mol. The standard InChI is InChI=1S/C18H21NO3/c1-13-10-17(8-6-15(13)7-9-18(20)21-2)22-16-5-3-4-14(11-16)12-19/h3-6,8,10-11H,7,9,12,19H2,1-2H3. The van der Waals surface area contributed by atoms with Crippen LogP contribution in [0.15, 0.2) is 42.5 Å². The van der Waals surface area contributed by atoms with Crippen molar-refractivity contribution in [2.24, 2.45) is 5.73 Å². The first-order valence-corrected chi connectivity index (χ1v) is 7.25. The first-order valence-electron chi connectivity index (χ1n) is 7.25. The van der Waals surface area contributed by atoms with Gasteiger partial charge in [0.25, 0.3) is 0 Å². The van der Waals surface area contributed by atoms with Gasteiger partial charge in [0, 0.05) is 13.0 Å². The normalized spacial score (nSPS) is 10.3. The maximum absolute atomic E-state index is 11.2. The number of hydrogen-bond acceptors (Lipinski definition) is 4. The molecule has 0 fully saturated rings. The van der Waals surface area contributed by atoms with Gasteiger partial charge in [-0.25, -0.2) is 0 Å². The molecule has 0 aliphatic heterocycles. The van der Waals surface area contributed by atoms with Crippen LogP contribution in [0, 0.1) is 6.92 Å². The average Bonchev–Trinajstić information content (AvgIpc) is 2.54. The molecule has 22 heavy (non-hydrogen) atoms. The van der Waals surface area contributed by atoms with Crippen molar-refractivity contribution in [3.8, 4) is 11.5 Å². The summed E-state index contributed by atoms with van der Waals surface area (Å²) < 4.78 is 10.5. The summed E-state index contributed by atoms with van der Waals surface area (Å²) >= 11 is 0. The van der Waals surface area contributed by atoms with Gasteiger partial charge in [-0.05, 0) is 54.3 Å². The molecule has 2 N–H and O–H groups in total. The molecule has 0 bridgehead atoms. The molecular weight excluding hydrogens is 278 g/mol. The van der Waals surface area contributed by atoms with Crippen molar-refractivity contribution in [2.75, 3.05) is 7.11 Å². The largest absolute Gasteiger partial charge is 0.469 e. The monoisotopic (exact) mass is 299 g/mol. The summed E-state index contributed by atoms with van der Waals surface area (Å²) in [4.78, 5) is 11.2. The highest BCUT2D eigenvalue weighted by Crippen LogP contribution is 2.25. The van der Waals surface area contributed by atoms with Crippen molar-refractivity contribution in [3.63, 3.8) is 0 Å². The van der Waals surface area contributed by atoms with Gasteiger partial charge in [-0.3, -0.25) is 4.79 Å². The quantitative estimate of drug-likeness (QED) is 0.831. The van der Waals surface area contributed by atoms with E-state index in [-0.39, 0.29) is 5.97 Å². The Kier molecular flexibility index (Phi) is 5.55. The molecule has 4 nitrogen and oxygen atoms in total. The molecule has 0 amide bonds. The van der Waals surface area contributed by atoms with Crippen LogP contribution >= 0.6 is 0 Å². The highest BCUT2D eigenvalue weighted by atomic mass is 16.5. The van der Waals surface area contributed by atoms with E-state index in [9.17, 15) is 4.79 Å². The fourth-order valence-electron chi connectivity index (χ4n) is 2.22. The van der Waals surface area contributed by atoms with Gasteiger partial charge in [-0.1, -0.05) is 18.2 Å². The zero-order chi connectivity index (χ0) is 15.9. The Hall–Kier alpha value is -2.33. The van der Waals surface area contributed by atoms with E-state index in [1.165, 1.54) is 7.11 Å². The summed E-state index contributed by atoms with van der Waals surface area (Å²) in [7, 11) is 1.40. The van der Waals surface area contributed by atoms with Gasteiger partial charge in [0.1, 0.15) is 11.5 Å². The molecule has 2 aromatic rings. The van der Waals surface area contributed by atoms with Crippen LogP contribution in [0.3, 0.4) is 0 Å². The van der Waals surface area contributed by atoms with E-state index < -0.39 is 0 Å². The third kappa shape index (κ3) is 4.33. The highest BCUT2D eigenvalue weighted by Gasteiger charge is 2.06. The second-order valence-electron chi connectivity index (χ2n) is 5.12.